The zero-order valence-electron chi connectivity index (χ0n) is 15.8. The van der Waals surface area contributed by atoms with Gasteiger partial charge in [-0.05, 0) is 49.9 Å². The first-order valence-electron chi connectivity index (χ1n) is 9.67. The average molecular weight is 396 g/mol. The Kier molecular flexibility index (Phi) is 5.29. The van der Waals surface area contributed by atoms with Gasteiger partial charge >= 0.3 is 0 Å². The van der Waals surface area contributed by atoms with E-state index < -0.39 is 11.6 Å². The van der Waals surface area contributed by atoms with Gasteiger partial charge in [-0.15, -0.1) is 0 Å². The highest BCUT2D eigenvalue weighted by atomic mass is 19.2. The number of para-hydroxylation sites is 1. The summed E-state index contributed by atoms with van der Waals surface area (Å²) in [7, 11) is 0. The second-order valence-electron chi connectivity index (χ2n) is 7.41. The number of halogens is 2. The van der Waals surface area contributed by atoms with E-state index in [1.54, 1.807) is 0 Å². The van der Waals surface area contributed by atoms with Crippen LogP contribution in [0.1, 0.15) is 36.0 Å². The molecule has 1 amide bonds. The molecule has 4 rings (SSSR count). The van der Waals surface area contributed by atoms with Crippen LogP contribution in [-0.2, 0) is 0 Å². The van der Waals surface area contributed by atoms with Crippen molar-refractivity contribution < 1.29 is 13.6 Å². The molecule has 0 atom stereocenters. The fraction of sp³-hybridized carbons (Fsp3) is 0.273. The van der Waals surface area contributed by atoms with Crippen molar-refractivity contribution in [1.29, 1.82) is 0 Å². The minimum atomic E-state index is -1.02. The lowest BCUT2D eigenvalue weighted by atomic mass is 9.91. The van der Waals surface area contributed by atoms with Crippen LogP contribution in [0, 0.1) is 11.6 Å². The van der Waals surface area contributed by atoms with E-state index in [0.29, 0.717) is 5.69 Å². The molecule has 4 N–H and O–H groups in total. The summed E-state index contributed by atoms with van der Waals surface area (Å²) >= 11 is 0. The Hall–Kier alpha value is -3.22. The van der Waals surface area contributed by atoms with Crippen molar-refractivity contribution in [3.8, 4) is 0 Å². The summed E-state index contributed by atoms with van der Waals surface area (Å²) in [5, 5.41) is 7.28. The first kappa shape index (κ1) is 19.1. The molecular formula is C22H22F2N4O. The Morgan fingerprint density at radius 2 is 1.69 bits per heavy atom. The van der Waals surface area contributed by atoms with E-state index in [9.17, 15) is 13.6 Å². The number of aromatic nitrogens is 1. The van der Waals surface area contributed by atoms with E-state index in [4.69, 9.17) is 5.73 Å². The number of carbonyl (C=O) groups excluding carboxylic acids is 1. The molecule has 150 valence electrons. The molecule has 2 aromatic carbocycles. The highest BCUT2D eigenvalue weighted by Crippen LogP contribution is 2.26. The standard InChI is InChI=1S/C22H22F2N4O/c23-17-10-5-13(11-18(17)24)22(29)27-15-8-6-14(7-9-15)26-21-12-19(25)16-3-1-2-4-20(16)28-21/h1-5,10-12,14-15H,6-9H2,(H,27,29)(H3,25,26,28). The van der Waals surface area contributed by atoms with Crippen LogP contribution in [-0.4, -0.2) is 23.0 Å². The van der Waals surface area contributed by atoms with E-state index in [1.807, 2.05) is 30.3 Å². The van der Waals surface area contributed by atoms with Crippen molar-refractivity contribution in [1.82, 2.24) is 10.3 Å². The molecule has 1 aliphatic carbocycles. The number of fused-ring (bicyclic) bond motifs is 1. The molecule has 1 saturated carbocycles. The third-order valence-corrected chi connectivity index (χ3v) is 5.34. The molecule has 1 aromatic heterocycles. The highest BCUT2D eigenvalue weighted by molar-refractivity contribution is 5.94. The van der Waals surface area contributed by atoms with E-state index in [1.165, 1.54) is 6.07 Å². The second-order valence-corrected chi connectivity index (χ2v) is 7.41. The number of nitrogens with two attached hydrogens (primary N) is 1. The number of benzene rings is 2. The lowest BCUT2D eigenvalue weighted by Gasteiger charge is -2.30. The number of amides is 1. The minimum absolute atomic E-state index is 0.00305. The van der Waals surface area contributed by atoms with Gasteiger partial charge in [0.2, 0.25) is 0 Å². The number of hydrogen-bond acceptors (Lipinski definition) is 4. The summed E-state index contributed by atoms with van der Waals surface area (Å²) in [5.74, 6) is -1.62. The predicted octanol–water partition coefficient (Wildman–Crippen LogP) is 4.25. The number of anilines is 2. The SMILES string of the molecule is Nc1cc(NC2CCC(NC(=O)c3ccc(F)c(F)c3)CC2)nc2ccccc12. The van der Waals surface area contributed by atoms with E-state index in [-0.39, 0.29) is 23.6 Å². The van der Waals surface area contributed by atoms with Crippen LogP contribution in [0.15, 0.2) is 48.5 Å². The number of carbonyl (C=O) groups is 1. The summed E-state index contributed by atoms with van der Waals surface area (Å²) in [4.78, 5) is 16.9. The summed E-state index contributed by atoms with van der Waals surface area (Å²) < 4.78 is 26.4. The van der Waals surface area contributed by atoms with Crippen molar-refractivity contribution in [2.75, 3.05) is 11.1 Å². The van der Waals surface area contributed by atoms with Crippen molar-refractivity contribution in [2.24, 2.45) is 0 Å². The maximum Gasteiger partial charge on any atom is 0.251 e. The molecule has 1 heterocycles. The van der Waals surface area contributed by atoms with Gasteiger partial charge in [-0.3, -0.25) is 4.79 Å². The zero-order valence-corrected chi connectivity index (χ0v) is 15.8. The maximum absolute atomic E-state index is 13.3. The van der Waals surface area contributed by atoms with Gasteiger partial charge in [-0.25, -0.2) is 13.8 Å². The van der Waals surface area contributed by atoms with Gasteiger partial charge in [-0.1, -0.05) is 18.2 Å². The highest BCUT2D eigenvalue weighted by Gasteiger charge is 2.23. The van der Waals surface area contributed by atoms with Crippen LogP contribution < -0.4 is 16.4 Å². The topological polar surface area (TPSA) is 80.0 Å². The molecule has 1 fully saturated rings. The average Bonchev–Trinajstić information content (AvgIpc) is 2.71. The van der Waals surface area contributed by atoms with E-state index in [0.717, 1.165) is 54.5 Å². The molecule has 0 unspecified atom stereocenters. The largest absolute Gasteiger partial charge is 0.398 e. The van der Waals surface area contributed by atoms with Crippen molar-refractivity contribution in [3.63, 3.8) is 0 Å². The fourth-order valence-corrected chi connectivity index (χ4v) is 3.77. The van der Waals surface area contributed by atoms with Crippen molar-refractivity contribution in [3.05, 3.63) is 65.7 Å². The molecular weight excluding hydrogens is 374 g/mol. The van der Waals surface area contributed by atoms with Crippen molar-refractivity contribution >= 4 is 28.3 Å². The minimum Gasteiger partial charge on any atom is -0.398 e. The third-order valence-electron chi connectivity index (χ3n) is 5.34. The normalized spacial score (nSPS) is 19.1. The van der Waals surface area contributed by atoms with Crippen LogP contribution in [0.5, 0.6) is 0 Å². The van der Waals surface area contributed by atoms with Gasteiger partial charge in [0.25, 0.3) is 5.91 Å². The van der Waals surface area contributed by atoms with E-state index >= 15 is 0 Å². The molecule has 0 aliphatic heterocycles. The van der Waals surface area contributed by atoms with Crippen LogP contribution in [0.3, 0.4) is 0 Å². The summed E-state index contributed by atoms with van der Waals surface area (Å²) in [5.41, 5.74) is 7.80. The Bertz CT molecular complexity index is 1050. The van der Waals surface area contributed by atoms with Crippen LogP contribution in [0.2, 0.25) is 0 Å². The predicted molar refractivity (Wildman–Crippen MR) is 110 cm³/mol. The molecule has 7 heteroatoms. The summed E-state index contributed by atoms with van der Waals surface area (Å²) in [6.07, 6.45) is 3.29. The van der Waals surface area contributed by atoms with Crippen LogP contribution >= 0.6 is 0 Å². The lowest BCUT2D eigenvalue weighted by Crippen LogP contribution is -2.40. The van der Waals surface area contributed by atoms with Crippen molar-refractivity contribution in [2.45, 2.75) is 37.8 Å². The van der Waals surface area contributed by atoms with Gasteiger partial charge in [0.1, 0.15) is 5.82 Å². The van der Waals surface area contributed by atoms with E-state index in [2.05, 4.69) is 15.6 Å². The van der Waals surface area contributed by atoms with Gasteiger partial charge in [0.05, 0.1) is 5.52 Å². The molecule has 0 saturated heterocycles. The smallest absolute Gasteiger partial charge is 0.251 e. The second kappa shape index (κ2) is 8.03. The summed E-state index contributed by atoms with van der Waals surface area (Å²) in [6, 6.07) is 13.0. The summed E-state index contributed by atoms with van der Waals surface area (Å²) in [6.45, 7) is 0. The van der Waals surface area contributed by atoms with Gasteiger partial charge in [0, 0.05) is 34.8 Å². The third kappa shape index (κ3) is 4.29. The molecule has 0 radical (unpaired) electrons. The monoisotopic (exact) mass is 396 g/mol. The van der Waals surface area contributed by atoms with Gasteiger partial charge in [-0.2, -0.15) is 0 Å². The Morgan fingerprint density at radius 1 is 0.966 bits per heavy atom. The number of hydrogen-bond donors (Lipinski definition) is 3. The molecule has 1 aliphatic rings. The van der Waals surface area contributed by atoms with Gasteiger partial charge < -0.3 is 16.4 Å². The van der Waals surface area contributed by atoms with Crippen LogP contribution in [0.4, 0.5) is 20.3 Å². The lowest BCUT2D eigenvalue weighted by molar-refractivity contribution is 0.0926. The first-order chi connectivity index (χ1) is 14.0. The Balaban J connectivity index is 1.33. The molecule has 0 bridgehead atoms. The quantitative estimate of drug-likeness (QED) is 0.616. The number of pyridine rings is 1. The maximum atomic E-state index is 13.3. The Morgan fingerprint density at radius 3 is 2.45 bits per heavy atom. The molecule has 0 spiro atoms. The number of nitrogen functional groups attached to an aromatic ring is 1. The number of nitrogens with zero attached hydrogens (tertiary/aromatic N) is 1. The number of rotatable bonds is 4. The zero-order chi connectivity index (χ0) is 20.4. The Labute approximate surface area is 167 Å². The molecule has 5 nitrogen and oxygen atoms in total. The van der Waals surface area contributed by atoms with Gasteiger partial charge in [0.15, 0.2) is 11.6 Å². The van der Waals surface area contributed by atoms with Crippen LogP contribution in [0.25, 0.3) is 10.9 Å². The molecule has 29 heavy (non-hydrogen) atoms. The molecule has 3 aromatic rings. The fourth-order valence-electron chi connectivity index (χ4n) is 3.77. The number of nitrogens with one attached hydrogen (secondary N) is 2. The first-order valence-corrected chi connectivity index (χ1v) is 9.67.